The van der Waals surface area contributed by atoms with Gasteiger partial charge in [-0.15, -0.1) is 0 Å². The number of ketones is 1. The third-order valence-electron chi connectivity index (χ3n) is 4.15. The van der Waals surface area contributed by atoms with Crippen molar-refractivity contribution in [3.63, 3.8) is 0 Å². The predicted molar refractivity (Wildman–Crippen MR) is 112 cm³/mol. The highest BCUT2D eigenvalue weighted by Gasteiger charge is 2.15. The van der Waals surface area contributed by atoms with Crippen molar-refractivity contribution in [2.75, 3.05) is 5.32 Å². The third kappa shape index (κ3) is 4.30. The maximum atomic E-state index is 12.8. The minimum Gasteiger partial charge on any atom is -0.421 e. The van der Waals surface area contributed by atoms with E-state index in [4.69, 9.17) is 16.3 Å². The Kier molecular flexibility index (Phi) is 5.92. The lowest BCUT2D eigenvalue weighted by molar-refractivity contribution is -0.128. The number of hydrogen-bond donors (Lipinski definition) is 1. The molecule has 0 bridgehead atoms. The Morgan fingerprint density at radius 2 is 1.71 bits per heavy atom. The number of anilines is 2. The Morgan fingerprint density at radius 3 is 2.43 bits per heavy atom. The van der Waals surface area contributed by atoms with Crippen LogP contribution in [0.5, 0.6) is 5.75 Å². The van der Waals surface area contributed by atoms with Gasteiger partial charge >= 0.3 is 5.97 Å². The Labute approximate surface area is 168 Å². The number of nitrogens with one attached hydrogen (secondary N) is 1. The van der Waals surface area contributed by atoms with Crippen LogP contribution in [0.15, 0.2) is 79.4 Å². The minimum atomic E-state index is -0.550. The van der Waals surface area contributed by atoms with Gasteiger partial charge in [0.2, 0.25) is 0 Å². The highest BCUT2D eigenvalue weighted by Crippen LogP contribution is 2.30. The Balaban J connectivity index is 1.86. The van der Waals surface area contributed by atoms with E-state index < -0.39 is 5.97 Å². The molecule has 0 saturated carbocycles. The van der Waals surface area contributed by atoms with E-state index in [-0.39, 0.29) is 5.78 Å². The molecule has 0 amide bonds. The maximum Gasteiger partial charge on any atom is 0.335 e. The summed E-state index contributed by atoms with van der Waals surface area (Å²) in [6, 6.07) is 19.5. The quantitative estimate of drug-likeness (QED) is 0.253. The van der Waals surface area contributed by atoms with Crippen LogP contribution in [0.4, 0.5) is 11.4 Å². The lowest BCUT2D eigenvalue weighted by atomic mass is 9.99. The first kappa shape index (κ1) is 19.4. The zero-order valence-electron chi connectivity index (χ0n) is 15.2. The van der Waals surface area contributed by atoms with Crippen molar-refractivity contribution < 1.29 is 14.3 Å². The molecule has 0 unspecified atom stereocenters. The molecule has 0 spiro atoms. The summed E-state index contributed by atoms with van der Waals surface area (Å²) in [6.45, 7) is 5.28. The van der Waals surface area contributed by atoms with E-state index in [1.807, 2.05) is 31.2 Å². The average Bonchev–Trinajstić information content (AvgIpc) is 2.69. The maximum absolute atomic E-state index is 12.8. The molecule has 0 aliphatic rings. The summed E-state index contributed by atoms with van der Waals surface area (Å²) in [5.74, 6) is -0.315. The normalized spacial score (nSPS) is 10.2. The molecule has 3 aromatic rings. The van der Waals surface area contributed by atoms with E-state index in [2.05, 4.69) is 11.9 Å². The van der Waals surface area contributed by atoms with E-state index >= 15 is 0 Å². The van der Waals surface area contributed by atoms with Gasteiger partial charge in [0.1, 0.15) is 0 Å². The van der Waals surface area contributed by atoms with Crippen molar-refractivity contribution in [2.24, 2.45) is 0 Å². The molecule has 0 aromatic heterocycles. The van der Waals surface area contributed by atoms with E-state index in [0.717, 1.165) is 11.6 Å². The van der Waals surface area contributed by atoms with E-state index in [1.165, 1.54) is 0 Å². The van der Waals surface area contributed by atoms with Crippen LogP contribution in [0, 0.1) is 6.92 Å². The first-order valence-corrected chi connectivity index (χ1v) is 8.97. The molecular weight excluding hydrogens is 374 g/mol. The molecule has 0 atom stereocenters. The number of aryl methyl sites for hydroxylation is 1. The van der Waals surface area contributed by atoms with Gasteiger partial charge in [0.05, 0.1) is 10.7 Å². The summed E-state index contributed by atoms with van der Waals surface area (Å²) in [7, 11) is 0. The van der Waals surface area contributed by atoms with Gasteiger partial charge in [0.25, 0.3) is 0 Å². The molecule has 0 heterocycles. The van der Waals surface area contributed by atoms with Gasteiger partial charge < -0.3 is 10.1 Å². The van der Waals surface area contributed by atoms with Crippen LogP contribution in [0.1, 0.15) is 21.5 Å². The van der Waals surface area contributed by atoms with Crippen molar-refractivity contribution in [3.8, 4) is 5.75 Å². The van der Waals surface area contributed by atoms with Gasteiger partial charge in [0.15, 0.2) is 11.5 Å². The number of ether oxygens (including phenoxy) is 1. The fraction of sp³-hybridized carbons (Fsp3) is 0.0435. The number of rotatable bonds is 6. The van der Waals surface area contributed by atoms with Gasteiger partial charge in [-0.2, -0.15) is 0 Å². The standard InChI is InChI=1S/C23H18ClNO3/c1-3-22(26)28-21-11-7-6-10-20(21)25-16-12-13-18(19(24)14-16)23(27)17-9-5-4-8-15(17)2/h3-14,25H,1H2,2H3. The van der Waals surface area contributed by atoms with Crippen molar-refractivity contribution in [3.05, 3.63) is 101 Å². The Morgan fingerprint density at radius 1 is 1.00 bits per heavy atom. The van der Waals surface area contributed by atoms with Crippen molar-refractivity contribution in [1.29, 1.82) is 0 Å². The topological polar surface area (TPSA) is 55.4 Å². The molecule has 140 valence electrons. The fourth-order valence-corrected chi connectivity index (χ4v) is 2.98. The van der Waals surface area contributed by atoms with Gasteiger partial charge in [-0.1, -0.05) is 54.6 Å². The number of hydrogen-bond acceptors (Lipinski definition) is 4. The largest absolute Gasteiger partial charge is 0.421 e. The van der Waals surface area contributed by atoms with Gasteiger partial charge in [-0.3, -0.25) is 4.79 Å². The SMILES string of the molecule is C=CC(=O)Oc1ccccc1Nc1ccc(C(=O)c2ccccc2C)c(Cl)c1. The second-order valence-corrected chi connectivity index (χ2v) is 6.49. The molecule has 0 fully saturated rings. The molecule has 5 heteroatoms. The molecule has 1 N–H and O–H groups in total. The van der Waals surface area contributed by atoms with Gasteiger partial charge in [-0.05, 0) is 42.8 Å². The van der Waals surface area contributed by atoms with E-state index in [9.17, 15) is 9.59 Å². The lowest BCUT2D eigenvalue weighted by Crippen LogP contribution is -2.06. The third-order valence-corrected chi connectivity index (χ3v) is 4.46. The van der Waals surface area contributed by atoms with Crippen molar-refractivity contribution in [2.45, 2.75) is 6.92 Å². The summed E-state index contributed by atoms with van der Waals surface area (Å²) >= 11 is 6.38. The van der Waals surface area contributed by atoms with Crippen LogP contribution in [-0.2, 0) is 4.79 Å². The van der Waals surface area contributed by atoms with Crippen LogP contribution in [0.25, 0.3) is 0 Å². The fourth-order valence-electron chi connectivity index (χ4n) is 2.71. The number of para-hydroxylation sites is 2. The predicted octanol–water partition coefficient (Wildman–Crippen LogP) is 5.71. The molecule has 28 heavy (non-hydrogen) atoms. The van der Waals surface area contributed by atoms with E-state index in [1.54, 1.807) is 42.5 Å². The molecule has 4 nitrogen and oxygen atoms in total. The van der Waals surface area contributed by atoms with Crippen molar-refractivity contribution >= 4 is 34.7 Å². The second kappa shape index (κ2) is 8.55. The zero-order valence-corrected chi connectivity index (χ0v) is 16.0. The number of benzene rings is 3. The average molecular weight is 392 g/mol. The second-order valence-electron chi connectivity index (χ2n) is 6.09. The lowest BCUT2D eigenvalue weighted by Gasteiger charge is -2.13. The summed E-state index contributed by atoms with van der Waals surface area (Å²) < 4.78 is 5.22. The van der Waals surface area contributed by atoms with Crippen LogP contribution in [0.3, 0.4) is 0 Å². The van der Waals surface area contributed by atoms with Crippen LogP contribution < -0.4 is 10.1 Å². The monoisotopic (exact) mass is 391 g/mol. The first-order valence-electron chi connectivity index (χ1n) is 8.60. The van der Waals surface area contributed by atoms with Crippen molar-refractivity contribution in [1.82, 2.24) is 0 Å². The minimum absolute atomic E-state index is 0.130. The molecule has 0 radical (unpaired) electrons. The van der Waals surface area contributed by atoms with Gasteiger partial charge in [-0.25, -0.2) is 4.79 Å². The molecule has 0 saturated heterocycles. The molecule has 0 aliphatic heterocycles. The van der Waals surface area contributed by atoms with Crippen LogP contribution in [0.2, 0.25) is 5.02 Å². The summed E-state index contributed by atoms with van der Waals surface area (Å²) in [4.78, 5) is 24.3. The smallest absolute Gasteiger partial charge is 0.335 e. The number of carbonyl (C=O) groups excluding carboxylic acids is 2. The Hall–Kier alpha value is -3.37. The number of halogens is 1. The van der Waals surface area contributed by atoms with Crippen LogP contribution >= 0.6 is 11.6 Å². The Bertz CT molecular complexity index is 1060. The molecule has 3 rings (SSSR count). The van der Waals surface area contributed by atoms with Crippen LogP contribution in [-0.4, -0.2) is 11.8 Å². The van der Waals surface area contributed by atoms with E-state index in [0.29, 0.717) is 33.3 Å². The first-order chi connectivity index (χ1) is 13.5. The summed E-state index contributed by atoms with van der Waals surface area (Å²) in [6.07, 6.45) is 1.10. The summed E-state index contributed by atoms with van der Waals surface area (Å²) in [5.41, 5.74) is 3.18. The zero-order chi connectivity index (χ0) is 20.1. The van der Waals surface area contributed by atoms with Gasteiger partial charge in [0, 0.05) is 22.9 Å². The molecular formula is C23H18ClNO3. The summed E-state index contributed by atoms with van der Waals surface area (Å²) in [5, 5.41) is 3.49. The number of carbonyl (C=O) groups is 2. The number of esters is 1. The highest BCUT2D eigenvalue weighted by molar-refractivity contribution is 6.35. The highest BCUT2D eigenvalue weighted by atomic mass is 35.5. The molecule has 3 aromatic carbocycles. The molecule has 0 aliphatic carbocycles.